The van der Waals surface area contributed by atoms with E-state index in [0.29, 0.717) is 12.2 Å². The summed E-state index contributed by atoms with van der Waals surface area (Å²) < 4.78 is 10.9. The quantitative estimate of drug-likeness (QED) is 0.517. The van der Waals surface area contributed by atoms with Crippen LogP contribution < -0.4 is 0 Å². The minimum Gasteiger partial charge on any atom is -0.462 e. The second-order valence-corrected chi connectivity index (χ2v) is 5.08. The number of esters is 1. The highest BCUT2D eigenvalue weighted by atomic mass is 16.6. The molecule has 2 aliphatic carbocycles. The predicted octanol–water partition coefficient (Wildman–Crippen LogP) is 2.04. The Bertz CT molecular complexity index is 248. The number of fused-ring (bicyclic) bond motifs is 1. The molecule has 15 heavy (non-hydrogen) atoms. The lowest BCUT2D eigenvalue weighted by molar-refractivity contribution is -0.155. The monoisotopic (exact) mass is 210 g/mol. The Balaban J connectivity index is 1.47. The highest BCUT2D eigenvalue weighted by Gasteiger charge is 2.49. The van der Waals surface area contributed by atoms with Crippen molar-refractivity contribution in [1.82, 2.24) is 0 Å². The Kier molecular flexibility index (Phi) is 2.43. The van der Waals surface area contributed by atoms with Crippen LogP contribution in [0, 0.1) is 5.92 Å². The maximum absolute atomic E-state index is 11.8. The summed E-state index contributed by atoms with van der Waals surface area (Å²) in [5, 5.41) is 0. The van der Waals surface area contributed by atoms with Crippen molar-refractivity contribution in [3.63, 3.8) is 0 Å². The summed E-state index contributed by atoms with van der Waals surface area (Å²) in [5.74, 6) is 0.248. The smallest absolute Gasteiger partial charge is 0.309 e. The molecule has 0 aromatic carbocycles. The summed E-state index contributed by atoms with van der Waals surface area (Å²) in [4.78, 5) is 11.8. The fourth-order valence-corrected chi connectivity index (χ4v) is 2.90. The van der Waals surface area contributed by atoms with Crippen LogP contribution in [0.3, 0.4) is 0 Å². The average molecular weight is 210 g/mol. The maximum atomic E-state index is 11.8. The van der Waals surface area contributed by atoms with E-state index >= 15 is 0 Å². The molecule has 0 aromatic heterocycles. The van der Waals surface area contributed by atoms with Crippen LogP contribution in [0.5, 0.6) is 0 Å². The van der Waals surface area contributed by atoms with E-state index in [1.165, 1.54) is 19.3 Å². The molecule has 84 valence electrons. The number of ether oxygens (including phenoxy) is 2. The zero-order chi connectivity index (χ0) is 10.3. The summed E-state index contributed by atoms with van der Waals surface area (Å²) >= 11 is 0. The van der Waals surface area contributed by atoms with Gasteiger partial charge in [-0.05, 0) is 12.8 Å². The highest BCUT2D eigenvalue weighted by Crippen LogP contribution is 2.40. The predicted molar refractivity (Wildman–Crippen MR) is 54.4 cm³/mol. The van der Waals surface area contributed by atoms with Crippen LogP contribution in [0.2, 0.25) is 0 Å². The Hall–Kier alpha value is -0.570. The van der Waals surface area contributed by atoms with Gasteiger partial charge in [0.2, 0.25) is 0 Å². The molecule has 3 rings (SSSR count). The molecular formula is C12H18O3. The molecule has 2 saturated carbocycles. The number of hydrogen-bond donors (Lipinski definition) is 0. The average Bonchev–Trinajstić information content (AvgIpc) is 2.88. The summed E-state index contributed by atoms with van der Waals surface area (Å²) in [6.07, 6.45) is 8.59. The van der Waals surface area contributed by atoms with Crippen molar-refractivity contribution in [2.75, 3.05) is 0 Å². The van der Waals surface area contributed by atoms with E-state index in [9.17, 15) is 4.79 Å². The third-order valence-electron chi connectivity index (χ3n) is 3.90. The standard InChI is InChI=1S/C12H18O3/c13-12(8-4-2-1-3-5-8)14-9-6-10-11(7-9)15-10/h8-11H,1-7H2. The van der Waals surface area contributed by atoms with Crippen LogP contribution in [-0.2, 0) is 14.3 Å². The molecule has 2 unspecified atom stereocenters. The van der Waals surface area contributed by atoms with Gasteiger partial charge in [0.25, 0.3) is 0 Å². The van der Waals surface area contributed by atoms with Crippen LogP contribution in [0.15, 0.2) is 0 Å². The SMILES string of the molecule is O=C(OC1CC2OC2C1)C1CCCCC1. The molecule has 3 heteroatoms. The Morgan fingerprint density at radius 1 is 1.07 bits per heavy atom. The van der Waals surface area contributed by atoms with E-state index in [1.807, 2.05) is 0 Å². The first kappa shape index (κ1) is 9.64. The number of hydrogen-bond acceptors (Lipinski definition) is 3. The molecule has 0 radical (unpaired) electrons. The lowest BCUT2D eigenvalue weighted by atomic mass is 9.89. The van der Waals surface area contributed by atoms with Crippen molar-refractivity contribution < 1.29 is 14.3 Å². The molecule has 3 aliphatic rings. The van der Waals surface area contributed by atoms with Crippen LogP contribution >= 0.6 is 0 Å². The molecule has 2 atom stereocenters. The zero-order valence-corrected chi connectivity index (χ0v) is 8.98. The van der Waals surface area contributed by atoms with Gasteiger partial charge in [-0.15, -0.1) is 0 Å². The van der Waals surface area contributed by atoms with E-state index in [0.717, 1.165) is 25.7 Å². The number of rotatable bonds is 2. The second kappa shape index (κ2) is 3.78. The molecule has 0 aromatic rings. The number of epoxide rings is 1. The molecule has 1 aliphatic heterocycles. The van der Waals surface area contributed by atoms with Crippen LogP contribution in [0.4, 0.5) is 0 Å². The summed E-state index contributed by atoms with van der Waals surface area (Å²) in [6, 6.07) is 0. The normalized spacial score (nSPS) is 39.9. The third kappa shape index (κ3) is 2.03. The highest BCUT2D eigenvalue weighted by molar-refractivity contribution is 5.72. The van der Waals surface area contributed by atoms with E-state index < -0.39 is 0 Å². The van der Waals surface area contributed by atoms with Crippen molar-refractivity contribution >= 4 is 5.97 Å². The van der Waals surface area contributed by atoms with Crippen molar-refractivity contribution in [2.45, 2.75) is 63.3 Å². The molecule has 0 bridgehead atoms. The molecule has 0 N–H and O–H groups in total. The fourth-order valence-electron chi connectivity index (χ4n) is 2.90. The van der Waals surface area contributed by atoms with Gasteiger partial charge in [-0.2, -0.15) is 0 Å². The molecule has 1 heterocycles. The number of carbonyl (C=O) groups is 1. The van der Waals surface area contributed by atoms with Gasteiger partial charge in [-0.25, -0.2) is 0 Å². The minimum absolute atomic E-state index is 0.0565. The van der Waals surface area contributed by atoms with Gasteiger partial charge in [0.05, 0.1) is 18.1 Å². The van der Waals surface area contributed by atoms with Gasteiger partial charge in [-0.3, -0.25) is 4.79 Å². The van der Waals surface area contributed by atoms with Gasteiger partial charge in [0.15, 0.2) is 0 Å². The first-order chi connectivity index (χ1) is 7.33. The molecule has 0 spiro atoms. The van der Waals surface area contributed by atoms with Crippen LogP contribution in [-0.4, -0.2) is 24.3 Å². The van der Waals surface area contributed by atoms with E-state index in [-0.39, 0.29) is 18.0 Å². The minimum atomic E-state index is 0.0565. The topological polar surface area (TPSA) is 38.8 Å². The van der Waals surface area contributed by atoms with Crippen LogP contribution in [0.25, 0.3) is 0 Å². The van der Waals surface area contributed by atoms with Crippen molar-refractivity contribution in [3.05, 3.63) is 0 Å². The Morgan fingerprint density at radius 3 is 2.40 bits per heavy atom. The molecule has 3 fully saturated rings. The van der Waals surface area contributed by atoms with Gasteiger partial charge in [0, 0.05) is 12.8 Å². The van der Waals surface area contributed by atoms with E-state index in [2.05, 4.69) is 0 Å². The zero-order valence-electron chi connectivity index (χ0n) is 8.98. The molecule has 0 amide bonds. The fraction of sp³-hybridized carbons (Fsp3) is 0.917. The number of carbonyl (C=O) groups excluding carboxylic acids is 1. The van der Waals surface area contributed by atoms with Crippen molar-refractivity contribution in [1.29, 1.82) is 0 Å². The van der Waals surface area contributed by atoms with E-state index in [4.69, 9.17) is 9.47 Å². The summed E-state index contributed by atoms with van der Waals surface area (Å²) in [7, 11) is 0. The van der Waals surface area contributed by atoms with E-state index in [1.54, 1.807) is 0 Å². The maximum Gasteiger partial charge on any atom is 0.309 e. The molecule has 1 saturated heterocycles. The third-order valence-corrected chi connectivity index (χ3v) is 3.90. The molecule has 3 nitrogen and oxygen atoms in total. The van der Waals surface area contributed by atoms with Crippen LogP contribution in [0.1, 0.15) is 44.9 Å². The Labute approximate surface area is 90.1 Å². The molecular weight excluding hydrogens is 192 g/mol. The van der Waals surface area contributed by atoms with Gasteiger partial charge in [0.1, 0.15) is 6.10 Å². The first-order valence-corrected chi connectivity index (χ1v) is 6.19. The second-order valence-electron chi connectivity index (χ2n) is 5.08. The summed E-state index contributed by atoms with van der Waals surface area (Å²) in [5.41, 5.74) is 0. The largest absolute Gasteiger partial charge is 0.462 e. The van der Waals surface area contributed by atoms with Crippen molar-refractivity contribution in [3.8, 4) is 0 Å². The first-order valence-electron chi connectivity index (χ1n) is 6.19. The lowest BCUT2D eigenvalue weighted by Crippen LogP contribution is -2.25. The lowest BCUT2D eigenvalue weighted by Gasteiger charge is -2.22. The van der Waals surface area contributed by atoms with Gasteiger partial charge >= 0.3 is 5.97 Å². The van der Waals surface area contributed by atoms with Gasteiger partial charge in [-0.1, -0.05) is 19.3 Å². The Morgan fingerprint density at radius 2 is 1.73 bits per heavy atom. The van der Waals surface area contributed by atoms with Gasteiger partial charge < -0.3 is 9.47 Å². The summed E-state index contributed by atoms with van der Waals surface area (Å²) in [6.45, 7) is 0. The van der Waals surface area contributed by atoms with Crippen molar-refractivity contribution in [2.24, 2.45) is 5.92 Å².